The number of piperidine rings is 1. The van der Waals surface area contributed by atoms with Crippen LogP contribution in [-0.4, -0.2) is 25.3 Å². The van der Waals surface area contributed by atoms with Crippen LogP contribution >= 0.6 is 0 Å². The van der Waals surface area contributed by atoms with E-state index in [0.717, 1.165) is 32.7 Å². The van der Waals surface area contributed by atoms with E-state index in [4.69, 9.17) is 4.74 Å². The highest BCUT2D eigenvalue weighted by Gasteiger charge is 2.25. The van der Waals surface area contributed by atoms with Crippen molar-refractivity contribution in [1.29, 1.82) is 0 Å². The molecule has 0 saturated carbocycles. The van der Waals surface area contributed by atoms with Gasteiger partial charge in [0.2, 0.25) is 0 Å². The molecule has 1 rings (SSSR count). The first-order chi connectivity index (χ1) is 6.51. The predicted octanol–water partition coefficient (Wildman–Crippen LogP) is 2.39. The fourth-order valence-corrected chi connectivity index (χ4v) is 1.63. The lowest BCUT2D eigenvalue weighted by Gasteiger charge is -2.29. The Labute approximate surface area is 84.0 Å². The van der Waals surface area contributed by atoms with Gasteiger partial charge in [-0.15, -0.1) is 0 Å². The Balaban J connectivity index is 2.16. The molecule has 1 saturated heterocycles. The van der Waals surface area contributed by atoms with Gasteiger partial charge in [0, 0.05) is 13.5 Å². The Morgan fingerprint density at radius 1 is 1.43 bits per heavy atom. The van der Waals surface area contributed by atoms with Crippen LogP contribution in [0, 0.1) is 5.92 Å². The van der Waals surface area contributed by atoms with Crippen LogP contribution in [0.1, 0.15) is 33.1 Å². The predicted molar refractivity (Wildman–Crippen MR) is 51.4 cm³/mol. The second-order valence-corrected chi connectivity index (χ2v) is 4.13. The van der Waals surface area contributed by atoms with Crippen molar-refractivity contribution in [2.45, 2.75) is 45.3 Å². The molecular formula is C10H19F2NO. The lowest BCUT2D eigenvalue weighted by Crippen LogP contribution is -2.42. The van der Waals surface area contributed by atoms with Gasteiger partial charge in [-0.1, -0.05) is 13.3 Å². The number of halogens is 2. The summed E-state index contributed by atoms with van der Waals surface area (Å²) in [4.78, 5) is 0. The zero-order valence-electron chi connectivity index (χ0n) is 8.85. The number of nitrogens with one attached hydrogen (secondary N) is 1. The van der Waals surface area contributed by atoms with E-state index in [9.17, 15) is 8.78 Å². The highest BCUT2D eigenvalue weighted by molar-refractivity contribution is 4.72. The summed E-state index contributed by atoms with van der Waals surface area (Å²) in [7, 11) is 0. The molecule has 0 aromatic rings. The van der Waals surface area contributed by atoms with Crippen LogP contribution in [0.4, 0.5) is 8.78 Å². The van der Waals surface area contributed by atoms with Crippen LogP contribution in [0.2, 0.25) is 0 Å². The lowest BCUT2D eigenvalue weighted by atomic mass is 9.96. The molecule has 0 amide bonds. The molecule has 0 aromatic carbocycles. The number of alkyl halides is 2. The van der Waals surface area contributed by atoms with Crippen LogP contribution < -0.4 is 5.32 Å². The van der Waals surface area contributed by atoms with Crippen molar-refractivity contribution in [1.82, 2.24) is 5.32 Å². The topological polar surface area (TPSA) is 21.3 Å². The number of rotatable bonds is 4. The Bertz CT molecular complexity index is 162. The molecule has 0 aliphatic carbocycles. The molecule has 1 aliphatic rings. The molecule has 4 heteroatoms. The Kier molecular flexibility index (Phi) is 4.26. The fourth-order valence-electron chi connectivity index (χ4n) is 1.63. The molecule has 0 bridgehead atoms. The summed E-state index contributed by atoms with van der Waals surface area (Å²) in [5, 5.41) is 3.14. The molecule has 0 spiro atoms. The minimum atomic E-state index is -2.72. The van der Waals surface area contributed by atoms with Crippen LogP contribution in [-0.2, 0) is 4.74 Å². The molecule has 2 nitrogen and oxygen atoms in total. The first-order valence-electron chi connectivity index (χ1n) is 5.24. The zero-order chi connectivity index (χ0) is 10.6. The molecule has 84 valence electrons. The zero-order valence-corrected chi connectivity index (χ0v) is 8.85. The van der Waals surface area contributed by atoms with Gasteiger partial charge in [0.1, 0.15) is 12.8 Å². The van der Waals surface area contributed by atoms with Crippen LogP contribution in [0.5, 0.6) is 0 Å². The Morgan fingerprint density at radius 3 is 2.57 bits per heavy atom. The SMILES string of the molecule is CCC1CCC(OCC(C)(F)F)NC1. The first-order valence-corrected chi connectivity index (χ1v) is 5.24. The van der Waals surface area contributed by atoms with Crippen molar-refractivity contribution < 1.29 is 13.5 Å². The van der Waals surface area contributed by atoms with Crippen molar-refractivity contribution >= 4 is 0 Å². The standard InChI is InChI=1S/C10H19F2NO/c1-3-8-4-5-9(13-6-8)14-7-10(2,11)12/h8-9,13H,3-7H2,1-2H3. The normalized spacial score (nSPS) is 29.1. The van der Waals surface area contributed by atoms with Crippen LogP contribution in [0.25, 0.3) is 0 Å². The lowest BCUT2D eigenvalue weighted by molar-refractivity contribution is -0.103. The third-order valence-electron chi connectivity index (χ3n) is 2.59. The molecule has 0 radical (unpaired) electrons. The van der Waals surface area contributed by atoms with Gasteiger partial charge >= 0.3 is 0 Å². The van der Waals surface area contributed by atoms with E-state index >= 15 is 0 Å². The Hall–Kier alpha value is -0.220. The maximum absolute atomic E-state index is 12.5. The van der Waals surface area contributed by atoms with E-state index < -0.39 is 12.5 Å². The average Bonchev–Trinajstić information content (AvgIpc) is 2.14. The second-order valence-electron chi connectivity index (χ2n) is 4.13. The van der Waals surface area contributed by atoms with Gasteiger partial charge in [-0.25, -0.2) is 8.78 Å². The van der Waals surface area contributed by atoms with Crippen molar-refractivity contribution in [3.8, 4) is 0 Å². The molecule has 0 aromatic heterocycles. The van der Waals surface area contributed by atoms with Crippen LogP contribution in [0.15, 0.2) is 0 Å². The molecule has 1 N–H and O–H groups in total. The molecule has 14 heavy (non-hydrogen) atoms. The van der Waals surface area contributed by atoms with Crippen molar-refractivity contribution in [2.24, 2.45) is 5.92 Å². The van der Waals surface area contributed by atoms with Gasteiger partial charge in [-0.3, -0.25) is 5.32 Å². The summed E-state index contributed by atoms with van der Waals surface area (Å²) in [6.07, 6.45) is 2.88. The van der Waals surface area contributed by atoms with Gasteiger partial charge in [0.15, 0.2) is 0 Å². The van der Waals surface area contributed by atoms with E-state index in [1.165, 1.54) is 0 Å². The maximum Gasteiger partial charge on any atom is 0.268 e. The minimum absolute atomic E-state index is 0.177. The average molecular weight is 207 g/mol. The second kappa shape index (κ2) is 5.03. The summed E-state index contributed by atoms with van der Waals surface area (Å²) in [6, 6.07) is 0. The third kappa shape index (κ3) is 4.33. The smallest absolute Gasteiger partial charge is 0.268 e. The summed E-state index contributed by atoms with van der Waals surface area (Å²) in [5.74, 6) is -2.04. The van der Waals surface area contributed by atoms with Crippen molar-refractivity contribution in [3.63, 3.8) is 0 Å². The summed E-state index contributed by atoms with van der Waals surface area (Å²) in [5.41, 5.74) is 0. The molecule has 2 unspecified atom stereocenters. The molecule has 2 atom stereocenters. The summed E-state index contributed by atoms with van der Waals surface area (Å²) >= 11 is 0. The van der Waals surface area contributed by atoms with Crippen LogP contribution in [0.3, 0.4) is 0 Å². The number of ether oxygens (including phenoxy) is 1. The first kappa shape index (κ1) is 11.9. The quantitative estimate of drug-likeness (QED) is 0.764. The van der Waals surface area contributed by atoms with Gasteiger partial charge < -0.3 is 4.74 Å². The highest BCUT2D eigenvalue weighted by Crippen LogP contribution is 2.19. The monoisotopic (exact) mass is 207 g/mol. The minimum Gasteiger partial charge on any atom is -0.357 e. The summed E-state index contributed by atoms with van der Waals surface area (Å²) in [6.45, 7) is 3.43. The molecule has 1 aliphatic heterocycles. The van der Waals surface area contributed by atoms with E-state index in [0.29, 0.717) is 5.92 Å². The van der Waals surface area contributed by atoms with Crippen molar-refractivity contribution in [2.75, 3.05) is 13.2 Å². The summed E-state index contributed by atoms with van der Waals surface area (Å²) < 4.78 is 30.0. The maximum atomic E-state index is 12.5. The molecular weight excluding hydrogens is 188 g/mol. The van der Waals surface area contributed by atoms with Gasteiger partial charge in [0.25, 0.3) is 5.92 Å². The van der Waals surface area contributed by atoms with E-state index in [1.54, 1.807) is 0 Å². The molecule has 1 fully saturated rings. The van der Waals surface area contributed by atoms with Gasteiger partial charge in [-0.2, -0.15) is 0 Å². The highest BCUT2D eigenvalue weighted by atomic mass is 19.3. The number of hydrogen-bond acceptors (Lipinski definition) is 2. The Morgan fingerprint density at radius 2 is 2.14 bits per heavy atom. The van der Waals surface area contributed by atoms with E-state index in [1.807, 2.05) is 0 Å². The van der Waals surface area contributed by atoms with E-state index in [2.05, 4.69) is 12.2 Å². The third-order valence-corrected chi connectivity index (χ3v) is 2.59. The number of hydrogen-bond donors (Lipinski definition) is 1. The van der Waals surface area contributed by atoms with Crippen molar-refractivity contribution in [3.05, 3.63) is 0 Å². The van der Waals surface area contributed by atoms with Gasteiger partial charge in [0.05, 0.1) is 0 Å². The molecule has 1 heterocycles. The fraction of sp³-hybridized carbons (Fsp3) is 1.00. The van der Waals surface area contributed by atoms with E-state index in [-0.39, 0.29) is 6.23 Å². The largest absolute Gasteiger partial charge is 0.357 e. The van der Waals surface area contributed by atoms with Gasteiger partial charge in [-0.05, 0) is 18.8 Å².